The van der Waals surface area contributed by atoms with Crippen LogP contribution < -0.4 is 9.97 Å². The summed E-state index contributed by atoms with van der Waals surface area (Å²) < 4.78 is 0. The zero-order chi connectivity index (χ0) is 15.0. The van der Waals surface area contributed by atoms with E-state index in [9.17, 15) is 0 Å². The van der Waals surface area contributed by atoms with Crippen molar-refractivity contribution >= 4 is 0 Å². The first kappa shape index (κ1) is 16.8. The van der Waals surface area contributed by atoms with E-state index in [-0.39, 0.29) is 19.5 Å². The van der Waals surface area contributed by atoms with Crippen molar-refractivity contribution in [3.8, 4) is 22.8 Å². The minimum Gasteiger partial charge on any atom is -0.662 e. The molecule has 4 nitrogen and oxygen atoms in total. The number of pyridine rings is 2. The molecule has 0 fully saturated rings. The van der Waals surface area contributed by atoms with Gasteiger partial charge in [0.1, 0.15) is 0 Å². The summed E-state index contributed by atoms with van der Waals surface area (Å²) in [6, 6.07) is 19.3. The van der Waals surface area contributed by atoms with Crippen LogP contribution in [0.1, 0.15) is 0 Å². The van der Waals surface area contributed by atoms with Gasteiger partial charge < -0.3 is 9.97 Å². The van der Waals surface area contributed by atoms with Gasteiger partial charge in [-0.3, -0.25) is 9.97 Å². The van der Waals surface area contributed by atoms with E-state index in [1.807, 2.05) is 60.7 Å². The van der Waals surface area contributed by atoms with E-state index in [0.29, 0.717) is 0 Å². The summed E-state index contributed by atoms with van der Waals surface area (Å²) in [4.78, 5) is 16.6. The zero-order valence-electron chi connectivity index (χ0n) is 12.6. The summed E-state index contributed by atoms with van der Waals surface area (Å²) in [7, 11) is 0. The maximum Gasteiger partial charge on any atom is 2.00 e. The molecule has 0 saturated heterocycles. The Hall–Kier alpha value is -2.52. The van der Waals surface area contributed by atoms with Gasteiger partial charge >= 0.3 is 19.5 Å². The van der Waals surface area contributed by atoms with Crippen molar-refractivity contribution in [2.24, 2.45) is 0 Å². The maximum atomic E-state index is 4.16. The van der Waals surface area contributed by atoms with Gasteiger partial charge in [-0.2, -0.15) is 12.4 Å². The van der Waals surface area contributed by atoms with Crippen molar-refractivity contribution in [2.75, 3.05) is 0 Å². The van der Waals surface area contributed by atoms with Gasteiger partial charge in [0.2, 0.25) is 0 Å². The molecule has 0 radical (unpaired) electrons. The number of aromatic nitrogens is 4. The Kier molecular flexibility index (Phi) is 6.45. The largest absolute Gasteiger partial charge is 2.00 e. The molecule has 0 aliphatic rings. The van der Waals surface area contributed by atoms with E-state index in [2.05, 4.69) is 19.9 Å². The number of nitrogens with zero attached hydrogens (tertiary/aromatic N) is 4. The van der Waals surface area contributed by atoms with E-state index >= 15 is 0 Å². The summed E-state index contributed by atoms with van der Waals surface area (Å²) in [5, 5.41) is 0. The molecule has 0 aliphatic carbocycles. The fourth-order valence-electron chi connectivity index (χ4n) is 1.93. The van der Waals surface area contributed by atoms with Crippen LogP contribution in [0.4, 0.5) is 0 Å². The Morgan fingerprint density at radius 1 is 0.565 bits per heavy atom. The van der Waals surface area contributed by atoms with Crippen molar-refractivity contribution in [1.29, 1.82) is 0 Å². The van der Waals surface area contributed by atoms with Crippen molar-refractivity contribution < 1.29 is 19.5 Å². The summed E-state index contributed by atoms with van der Waals surface area (Å²) in [6.45, 7) is 0. The van der Waals surface area contributed by atoms with Gasteiger partial charge in [0.25, 0.3) is 0 Å². The Morgan fingerprint density at radius 2 is 1.04 bits per heavy atom. The number of hydrogen-bond acceptors (Lipinski definition) is 2. The van der Waals surface area contributed by atoms with Gasteiger partial charge in [0.15, 0.2) is 0 Å². The van der Waals surface area contributed by atoms with E-state index in [1.54, 1.807) is 24.8 Å². The van der Waals surface area contributed by atoms with Gasteiger partial charge in [-0.1, -0.05) is 36.4 Å². The second kappa shape index (κ2) is 8.81. The molecule has 0 amide bonds. The molecule has 0 atom stereocenters. The van der Waals surface area contributed by atoms with E-state index in [0.717, 1.165) is 22.8 Å². The quantitative estimate of drug-likeness (QED) is 0.519. The maximum absolute atomic E-state index is 4.16. The molecule has 4 heterocycles. The minimum atomic E-state index is 0. The predicted molar refractivity (Wildman–Crippen MR) is 86.0 cm³/mol. The smallest absolute Gasteiger partial charge is 0.662 e. The van der Waals surface area contributed by atoms with Crippen LogP contribution in [0.2, 0.25) is 0 Å². The zero-order valence-corrected chi connectivity index (χ0v) is 15.5. The first-order valence-electron chi connectivity index (χ1n) is 6.92. The van der Waals surface area contributed by atoms with Gasteiger partial charge in [-0.05, 0) is 24.3 Å². The van der Waals surface area contributed by atoms with Crippen LogP contribution in [0.15, 0.2) is 85.5 Å². The fourth-order valence-corrected chi connectivity index (χ4v) is 1.93. The Morgan fingerprint density at radius 3 is 1.35 bits per heavy atom. The molecule has 4 rings (SSSR count). The summed E-state index contributed by atoms with van der Waals surface area (Å²) in [5.74, 6) is 0. The van der Waals surface area contributed by atoms with Crippen LogP contribution in [-0.4, -0.2) is 9.97 Å². The van der Waals surface area contributed by atoms with E-state index < -0.39 is 0 Å². The molecule has 23 heavy (non-hydrogen) atoms. The van der Waals surface area contributed by atoms with Crippen molar-refractivity contribution in [1.82, 2.24) is 19.9 Å². The first-order valence-corrected chi connectivity index (χ1v) is 6.92. The Balaban J connectivity index is 0.000000160. The van der Waals surface area contributed by atoms with Crippen LogP contribution >= 0.6 is 0 Å². The van der Waals surface area contributed by atoms with Gasteiger partial charge in [0.05, 0.1) is 0 Å². The average Bonchev–Trinajstić information content (AvgIpc) is 3.31. The molecule has 0 spiro atoms. The SMILES string of the molecule is [Zn+2].c1ccc(-c2ccc[n-]2)nc1.c1ccc(-c2ccc[n-]2)nc1. The normalized spacial score (nSPS) is 9.39. The first-order chi connectivity index (χ1) is 10.9. The topological polar surface area (TPSA) is 54.0 Å². The monoisotopic (exact) mass is 350 g/mol. The van der Waals surface area contributed by atoms with Gasteiger partial charge in [-0.15, -0.1) is 11.4 Å². The van der Waals surface area contributed by atoms with Crippen LogP contribution in [0.3, 0.4) is 0 Å². The second-order valence-electron chi connectivity index (χ2n) is 4.48. The molecular weight excluding hydrogens is 338 g/mol. The average molecular weight is 352 g/mol. The van der Waals surface area contributed by atoms with E-state index in [4.69, 9.17) is 0 Å². The molecule has 0 unspecified atom stereocenters. The van der Waals surface area contributed by atoms with Crippen LogP contribution in [0, 0.1) is 0 Å². The third-order valence-corrected chi connectivity index (χ3v) is 2.96. The summed E-state index contributed by atoms with van der Waals surface area (Å²) in [5.41, 5.74) is 3.73. The minimum absolute atomic E-state index is 0. The standard InChI is InChI=1S/2C9H7N2.Zn/c2*1-2-6-10-8(4-1)9-5-3-7-11-9;/h2*1-7H;/q2*-1;+2. The molecule has 0 aliphatic heterocycles. The Bertz CT molecular complexity index is 697. The van der Waals surface area contributed by atoms with Crippen molar-refractivity contribution in [2.45, 2.75) is 0 Å². The third-order valence-electron chi connectivity index (χ3n) is 2.96. The second-order valence-corrected chi connectivity index (χ2v) is 4.48. The van der Waals surface area contributed by atoms with Crippen LogP contribution in [0.5, 0.6) is 0 Å². The molecule has 0 N–H and O–H groups in total. The van der Waals surface area contributed by atoms with Crippen LogP contribution in [0.25, 0.3) is 22.8 Å². The number of rotatable bonds is 2. The molecule has 4 aromatic rings. The fraction of sp³-hybridized carbons (Fsp3) is 0. The van der Waals surface area contributed by atoms with Gasteiger partial charge in [0, 0.05) is 23.8 Å². The van der Waals surface area contributed by atoms with Crippen molar-refractivity contribution in [3.63, 3.8) is 0 Å². The van der Waals surface area contributed by atoms with Crippen LogP contribution in [-0.2, 0) is 19.5 Å². The number of hydrogen-bond donors (Lipinski definition) is 0. The predicted octanol–water partition coefficient (Wildman–Crippen LogP) is 3.41. The van der Waals surface area contributed by atoms with Gasteiger partial charge in [-0.25, -0.2) is 0 Å². The third kappa shape index (κ3) is 4.73. The van der Waals surface area contributed by atoms with Crippen molar-refractivity contribution in [3.05, 3.63) is 85.5 Å². The molecule has 108 valence electrons. The molecule has 0 bridgehead atoms. The molecule has 4 aromatic heterocycles. The van der Waals surface area contributed by atoms with E-state index in [1.165, 1.54) is 0 Å². The molecule has 0 saturated carbocycles. The summed E-state index contributed by atoms with van der Waals surface area (Å²) in [6.07, 6.45) is 7.07. The molecule has 0 aromatic carbocycles. The molecular formula is C18H14N4Zn. The summed E-state index contributed by atoms with van der Waals surface area (Å²) >= 11 is 0. The Labute approximate surface area is 147 Å². The molecule has 5 heteroatoms.